The van der Waals surface area contributed by atoms with Crippen LogP contribution in [0, 0.1) is 17.7 Å². The topological polar surface area (TPSA) is 83.5 Å². The van der Waals surface area contributed by atoms with E-state index in [0.29, 0.717) is 0 Å². The lowest BCUT2D eigenvalue weighted by Gasteiger charge is -2.08. The van der Waals surface area contributed by atoms with Gasteiger partial charge in [0, 0.05) is 5.02 Å². The van der Waals surface area contributed by atoms with Gasteiger partial charge in [-0.05, 0) is 19.1 Å². The number of nitrogens with one attached hydrogen (secondary N) is 1. The molecule has 0 spiro atoms. The van der Waals surface area contributed by atoms with Crippen LogP contribution in [0.25, 0.3) is 0 Å². The Morgan fingerprint density at radius 3 is 2.68 bits per heavy atom. The lowest BCUT2D eigenvalue weighted by molar-refractivity contribution is 0.0691. The number of aromatic carboxylic acids is 1. The van der Waals surface area contributed by atoms with Gasteiger partial charge < -0.3 is 5.11 Å². The maximum Gasteiger partial charge on any atom is 0.338 e. The van der Waals surface area contributed by atoms with Crippen LogP contribution in [0.5, 0.6) is 0 Å². The predicted molar refractivity (Wildman–Crippen MR) is 67.0 cm³/mol. The number of hydrogen-bond donors (Lipinski definition) is 2. The Balaban J connectivity index is 3.33. The fourth-order valence-electron chi connectivity index (χ4n) is 1.21. The molecule has 0 atom stereocenters. The molecule has 0 unspecified atom stereocenters. The third-order valence-electron chi connectivity index (χ3n) is 2.05. The third-order valence-corrected chi connectivity index (χ3v) is 3.67. The van der Waals surface area contributed by atoms with Crippen molar-refractivity contribution in [2.75, 3.05) is 6.54 Å². The Kier molecular flexibility index (Phi) is 4.89. The minimum atomic E-state index is -4.22. The maximum absolute atomic E-state index is 13.8. The fourth-order valence-corrected chi connectivity index (χ4v) is 2.54. The van der Waals surface area contributed by atoms with Gasteiger partial charge in [0.25, 0.3) is 0 Å². The molecule has 0 heterocycles. The van der Waals surface area contributed by atoms with Crippen molar-refractivity contribution in [3.63, 3.8) is 0 Å². The molecule has 1 aromatic rings. The minimum absolute atomic E-state index is 0.194. The summed E-state index contributed by atoms with van der Waals surface area (Å²) in [5, 5.41) is 8.56. The van der Waals surface area contributed by atoms with Crippen molar-refractivity contribution in [3.05, 3.63) is 28.5 Å². The van der Waals surface area contributed by atoms with E-state index < -0.39 is 32.3 Å². The number of carbonyl (C=O) groups is 1. The summed E-state index contributed by atoms with van der Waals surface area (Å²) in [6, 6.07) is 1.68. The van der Waals surface area contributed by atoms with Gasteiger partial charge in [-0.25, -0.2) is 17.6 Å². The highest BCUT2D eigenvalue weighted by molar-refractivity contribution is 7.89. The third kappa shape index (κ3) is 3.67. The molecule has 8 heteroatoms. The lowest BCUT2D eigenvalue weighted by Crippen LogP contribution is -2.25. The molecule has 0 saturated carbocycles. The van der Waals surface area contributed by atoms with Crippen LogP contribution in [0.4, 0.5) is 4.39 Å². The zero-order valence-corrected chi connectivity index (χ0v) is 11.3. The Bertz CT molecular complexity index is 676. The average molecular weight is 306 g/mol. The van der Waals surface area contributed by atoms with Crippen molar-refractivity contribution in [2.24, 2.45) is 0 Å². The van der Waals surface area contributed by atoms with Crippen LogP contribution in [-0.2, 0) is 10.0 Å². The molecule has 0 amide bonds. The highest BCUT2D eigenvalue weighted by Crippen LogP contribution is 2.23. The van der Waals surface area contributed by atoms with E-state index >= 15 is 0 Å². The summed E-state index contributed by atoms with van der Waals surface area (Å²) in [5.74, 6) is 1.92. The van der Waals surface area contributed by atoms with Crippen molar-refractivity contribution >= 4 is 27.6 Å². The van der Waals surface area contributed by atoms with Gasteiger partial charge in [-0.2, -0.15) is 4.72 Å². The first-order chi connectivity index (χ1) is 8.79. The van der Waals surface area contributed by atoms with Crippen molar-refractivity contribution in [1.82, 2.24) is 4.72 Å². The fraction of sp³-hybridized carbons (Fsp3) is 0.182. The van der Waals surface area contributed by atoms with Crippen molar-refractivity contribution in [2.45, 2.75) is 11.8 Å². The second-order valence-corrected chi connectivity index (χ2v) is 5.49. The van der Waals surface area contributed by atoms with Gasteiger partial charge in [-0.3, -0.25) is 0 Å². The highest BCUT2D eigenvalue weighted by atomic mass is 35.5. The van der Waals surface area contributed by atoms with Crippen LogP contribution >= 0.6 is 11.6 Å². The summed E-state index contributed by atoms with van der Waals surface area (Å²) < 4.78 is 39.4. The van der Waals surface area contributed by atoms with Crippen LogP contribution in [0.3, 0.4) is 0 Å². The smallest absolute Gasteiger partial charge is 0.338 e. The molecule has 0 saturated heterocycles. The number of carboxylic acids is 1. The van der Waals surface area contributed by atoms with Gasteiger partial charge in [-0.15, -0.1) is 5.92 Å². The zero-order chi connectivity index (χ0) is 14.6. The first-order valence-corrected chi connectivity index (χ1v) is 6.77. The number of rotatable bonds is 4. The van der Waals surface area contributed by atoms with Gasteiger partial charge >= 0.3 is 5.97 Å². The molecule has 0 aliphatic carbocycles. The molecule has 0 fully saturated rings. The molecule has 19 heavy (non-hydrogen) atoms. The quantitative estimate of drug-likeness (QED) is 0.825. The van der Waals surface area contributed by atoms with Crippen molar-refractivity contribution in [3.8, 4) is 11.8 Å². The van der Waals surface area contributed by atoms with E-state index in [9.17, 15) is 17.6 Å². The van der Waals surface area contributed by atoms with Gasteiger partial charge in [0.1, 0.15) is 4.90 Å². The molecule has 2 N–H and O–H groups in total. The van der Waals surface area contributed by atoms with E-state index in [1.165, 1.54) is 6.92 Å². The van der Waals surface area contributed by atoms with E-state index in [1.807, 2.05) is 4.72 Å². The van der Waals surface area contributed by atoms with Crippen LogP contribution in [0.2, 0.25) is 5.02 Å². The molecule has 0 aromatic heterocycles. The highest BCUT2D eigenvalue weighted by Gasteiger charge is 2.24. The monoisotopic (exact) mass is 305 g/mol. The van der Waals surface area contributed by atoms with Gasteiger partial charge in [0.2, 0.25) is 10.0 Å². The minimum Gasteiger partial charge on any atom is -0.478 e. The molecule has 0 aliphatic heterocycles. The molecular weight excluding hydrogens is 297 g/mol. The summed E-state index contributed by atoms with van der Waals surface area (Å²) in [7, 11) is -4.22. The normalized spacial score (nSPS) is 10.7. The number of sulfonamides is 1. The first-order valence-electron chi connectivity index (χ1n) is 4.91. The van der Waals surface area contributed by atoms with Crippen LogP contribution in [0.1, 0.15) is 17.3 Å². The molecule has 0 bridgehead atoms. The Morgan fingerprint density at radius 2 is 2.16 bits per heavy atom. The van der Waals surface area contributed by atoms with Crippen LogP contribution < -0.4 is 4.72 Å². The van der Waals surface area contributed by atoms with E-state index in [2.05, 4.69) is 11.8 Å². The van der Waals surface area contributed by atoms with E-state index in [1.54, 1.807) is 0 Å². The average Bonchev–Trinajstić information content (AvgIpc) is 2.31. The maximum atomic E-state index is 13.8. The van der Waals surface area contributed by atoms with E-state index in [-0.39, 0.29) is 11.6 Å². The molecule has 1 rings (SSSR count). The number of carboxylic acid groups (broad SMARTS) is 1. The molecule has 102 valence electrons. The largest absolute Gasteiger partial charge is 0.478 e. The first kappa shape index (κ1) is 15.4. The molecule has 0 radical (unpaired) electrons. The molecule has 1 aromatic carbocycles. The summed E-state index contributed by atoms with van der Waals surface area (Å²) in [6.07, 6.45) is 0. The summed E-state index contributed by atoms with van der Waals surface area (Å²) >= 11 is 5.58. The Labute approximate surface area is 114 Å². The molecular formula is C11H9ClFNO4S. The Hall–Kier alpha value is -1.62. The number of halogens is 2. The number of benzene rings is 1. The van der Waals surface area contributed by atoms with E-state index in [0.717, 1.165) is 12.1 Å². The van der Waals surface area contributed by atoms with E-state index in [4.69, 9.17) is 16.7 Å². The second-order valence-electron chi connectivity index (χ2n) is 3.32. The summed E-state index contributed by atoms with van der Waals surface area (Å²) in [5.41, 5.74) is -0.811. The van der Waals surface area contributed by atoms with Crippen LogP contribution in [0.15, 0.2) is 17.0 Å². The summed E-state index contributed by atoms with van der Waals surface area (Å²) in [6.45, 7) is 1.30. The SMILES string of the molecule is CC#CCNS(=O)(=O)c1cc(Cl)cc(C(=O)O)c1F. The predicted octanol–water partition coefficient (Wildman–Crippen LogP) is 1.48. The van der Waals surface area contributed by atoms with Crippen molar-refractivity contribution < 1.29 is 22.7 Å². The molecule has 0 aliphatic rings. The van der Waals surface area contributed by atoms with Crippen LogP contribution in [-0.4, -0.2) is 26.0 Å². The lowest BCUT2D eigenvalue weighted by atomic mass is 10.2. The zero-order valence-electron chi connectivity index (χ0n) is 9.70. The van der Waals surface area contributed by atoms with Crippen molar-refractivity contribution in [1.29, 1.82) is 0 Å². The number of hydrogen-bond acceptors (Lipinski definition) is 3. The summed E-state index contributed by atoms with van der Waals surface area (Å²) in [4.78, 5) is 9.95. The van der Waals surface area contributed by atoms with Gasteiger partial charge in [-0.1, -0.05) is 17.5 Å². The molecule has 5 nitrogen and oxygen atoms in total. The van der Waals surface area contributed by atoms with Gasteiger partial charge in [0.15, 0.2) is 5.82 Å². The Morgan fingerprint density at radius 1 is 1.53 bits per heavy atom. The standard InChI is InChI=1S/C11H9ClFNO4S/c1-2-3-4-14-19(17,18)9-6-7(12)5-8(10(9)13)11(15)16/h5-6,14H,4H2,1H3,(H,15,16). The van der Waals surface area contributed by atoms with Gasteiger partial charge in [0.05, 0.1) is 12.1 Å². The second kappa shape index (κ2) is 6.02.